The van der Waals surface area contributed by atoms with Crippen LogP contribution >= 0.6 is 0 Å². The second kappa shape index (κ2) is 21.4. The van der Waals surface area contributed by atoms with Crippen LogP contribution in [0.2, 0.25) is 0 Å². The van der Waals surface area contributed by atoms with Crippen molar-refractivity contribution in [2.24, 2.45) is 5.92 Å². The van der Waals surface area contributed by atoms with Crippen molar-refractivity contribution in [3.8, 4) is 22.3 Å². The van der Waals surface area contributed by atoms with Crippen LogP contribution < -0.4 is 4.90 Å². The molecule has 0 radical (unpaired) electrons. The topological polar surface area (TPSA) is 3.24 Å². The van der Waals surface area contributed by atoms with E-state index < -0.39 is 0 Å². The summed E-state index contributed by atoms with van der Waals surface area (Å²) in [5.41, 5.74) is 17.3. The van der Waals surface area contributed by atoms with Crippen molar-refractivity contribution in [2.75, 3.05) is 4.90 Å². The minimum Gasteiger partial charge on any atom is -0.317 e. The first-order valence-electron chi connectivity index (χ1n) is 26.9. The first-order chi connectivity index (χ1) is 37.5. The van der Waals surface area contributed by atoms with Crippen molar-refractivity contribution in [1.82, 2.24) is 0 Å². The summed E-state index contributed by atoms with van der Waals surface area (Å²) in [6.07, 6.45) is 29.0. The van der Waals surface area contributed by atoms with Gasteiger partial charge >= 0.3 is 0 Å². The van der Waals surface area contributed by atoms with Crippen LogP contribution in [0.1, 0.15) is 51.8 Å². The monoisotopic (exact) mass is 975 g/mol. The summed E-state index contributed by atoms with van der Waals surface area (Å²) >= 11 is 0. The summed E-state index contributed by atoms with van der Waals surface area (Å²) in [7, 11) is 0. The van der Waals surface area contributed by atoms with Gasteiger partial charge in [0.2, 0.25) is 0 Å². The first kappa shape index (κ1) is 47.9. The predicted octanol–water partition coefficient (Wildman–Crippen LogP) is 19.7. The molecule has 0 heterocycles. The quantitative estimate of drug-likeness (QED) is 0.118. The van der Waals surface area contributed by atoms with E-state index in [-0.39, 0.29) is 5.41 Å². The van der Waals surface area contributed by atoms with Gasteiger partial charge in [-0.3, -0.25) is 0 Å². The highest BCUT2D eigenvalue weighted by Gasteiger charge is 2.53. The van der Waals surface area contributed by atoms with E-state index in [0.717, 1.165) is 42.5 Å². The van der Waals surface area contributed by atoms with Gasteiger partial charge in [-0.15, -0.1) is 0 Å². The fraction of sp³-hybridized carbons (Fsp3) is 0.0933. The molecule has 0 aromatic heterocycles. The lowest BCUT2D eigenvalue weighted by atomic mass is 9.82. The maximum Gasteiger partial charge on any atom is 0.0461 e. The molecule has 366 valence electrons. The van der Waals surface area contributed by atoms with E-state index >= 15 is 0 Å². The molecule has 3 aliphatic carbocycles. The molecule has 3 aliphatic rings. The molecule has 2 atom stereocenters. The lowest BCUT2D eigenvalue weighted by Gasteiger charge is -2.27. The number of fused-ring (bicyclic) bond motifs is 4. The van der Waals surface area contributed by atoms with Gasteiger partial charge in [0.1, 0.15) is 0 Å². The summed E-state index contributed by atoms with van der Waals surface area (Å²) in [6, 6.07) is 79.5. The Hall–Kier alpha value is -9.04. The molecule has 0 bridgehead atoms. The van der Waals surface area contributed by atoms with Gasteiger partial charge in [-0.2, -0.15) is 0 Å². The molecule has 76 heavy (non-hydrogen) atoms. The average Bonchev–Trinajstić information content (AvgIpc) is 4.42. The van der Waals surface area contributed by atoms with Crippen LogP contribution in [-0.2, 0) is 18.3 Å². The molecule has 1 heteroatoms. The number of hydrogen-bond donors (Lipinski definition) is 0. The summed E-state index contributed by atoms with van der Waals surface area (Å²) in [6.45, 7) is 6.66. The molecule has 10 aromatic rings. The summed E-state index contributed by atoms with van der Waals surface area (Å²) in [5.74, 6) is 0.447. The molecule has 0 aliphatic heterocycles. The van der Waals surface area contributed by atoms with Gasteiger partial charge < -0.3 is 4.90 Å². The van der Waals surface area contributed by atoms with Gasteiger partial charge in [0, 0.05) is 23.0 Å². The van der Waals surface area contributed by atoms with Gasteiger partial charge in [0.15, 0.2) is 0 Å². The number of aryl methyl sites for hydroxylation is 3. The highest BCUT2D eigenvalue weighted by molar-refractivity contribution is 6.12. The van der Waals surface area contributed by atoms with Gasteiger partial charge in [0.25, 0.3) is 0 Å². The molecule has 1 fully saturated rings. The Morgan fingerprint density at radius 3 is 1.86 bits per heavy atom. The third kappa shape index (κ3) is 9.89. The van der Waals surface area contributed by atoms with E-state index in [9.17, 15) is 0 Å². The van der Waals surface area contributed by atoms with Crippen molar-refractivity contribution >= 4 is 55.7 Å². The second-order valence-corrected chi connectivity index (χ2v) is 20.5. The Bertz CT molecular complexity index is 3940. The molecular weight excluding hydrogens is 915 g/mol. The molecule has 1 saturated carbocycles. The Kier molecular flexibility index (Phi) is 13.5. The normalized spacial score (nSPS) is 16.4. The van der Waals surface area contributed by atoms with Crippen LogP contribution in [0.25, 0.3) is 72.3 Å². The summed E-state index contributed by atoms with van der Waals surface area (Å²) in [5, 5.41) is 7.57. The smallest absolute Gasteiger partial charge is 0.0461 e. The van der Waals surface area contributed by atoms with Gasteiger partial charge in [0.05, 0.1) is 0 Å². The lowest BCUT2D eigenvalue weighted by Crippen LogP contribution is -2.18. The SMILES string of the molecule is C=Cc1c(/C=C/N(C2=CC3CC3(c3ccccc3)C=C2)c2ccc3ccccc3c2)c(-c2ccccc2)c2ccc(CCc3ccc(C4=CC=CCC=C4)cc3)cc2c1-c1ccccc1.Cc1ccc2ccccc2c1. The van der Waals surface area contributed by atoms with Crippen molar-refractivity contribution in [2.45, 2.75) is 38.0 Å². The standard InChI is InChI=1S/C64H51N.C11H10/c1-2-58-60(39-41-65(56-36-35-49-20-16-17-25-53(49)43-56)57-38-40-64(45-55(64)44-57)54-26-14-7-15-27-54)63(52-23-12-6-13-24-52)59-37-32-47(42-61(59)62(58)51-21-10-5-11-22-51)29-28-46-30-33-50(34-31-46)48-18-8-3-4-9-19-48;1-9-6-7-10-4-2-3-5-11(10)8-9/h2-3,5-27,30-44,55H,1,4,28-29,45H2;2-8H,1H3/b41-39+;. The maximum atomic E-state index is 4.54. The largest absolute Gasteiger partial charge is 0.317 e. The third-order valence-electron chi connectivity index (χ3n) is 15.6. The highest BCUT2D eigenvalue weighted by atomic mass is 15.1. The predicted molar refractivity (Wildman–Crippen MR) is 327 cm³/mol. The minimum atomic E-state index is 0.0777. The van der Waals surface area contributed by atoms with E-state index in [1.165, 1.54) is 93.7 Å². The number of hydrogen-bond acceptors (Lipinski definition) is 1. The molecule has 0 saturated heterocycles. The number of nitrogens with zero attached hydrogens (tertiary/aromatic N) is 1. The second-order valence-electron chi connectivity index (χ2n) is 20.5. The van der Waals surface area contributed by atoms with E-state index in [1.54, 1.807) is 0 Å². The van der Waals surface area contributed by atoms with Crippen LogP contribution in [0.4, 0.5) is 5.69 Å². The van der Waals surface area contributed by atoms with Crippen LogP contribution in [0, 0.1) is 12.8 Å². The van der Waals surface area contributed by atoms with Crippen molar-refractivity contribution in [1.29, 1.82) is 0 Å². The van der Waals surface area contributed by atoms with Crippen molar-refractivity contribution in [3.05, 3.63) is 324 Å². The van der Waals surface area contributed by atoms with Crippen LogP contribution in [0.15, 0.2) is 285 Å². The molecule has 10 aromatic carbocycles. The fourth-order valence-corrected chi connectivity index (χ4v) is 11.5. The van der Waals surface area contributed by atoms with E-state index in [2.05, 4.69) is 304 Å². The maximum absolute atomic E-state index is 4.54. The number of benzene rings is 10. The molecule has 0 spiro atoms. The van der Waals surface area contributed by atoms with Gasteiger partial charge in [-0.1, -0.05) is 267 Å². The molecule has 1 nitrogen and oxygen atoms in total. The Morgan fingerprint density at radius 2 is 1.16 bits per heavy atom. The molecule has 2 unspecified atom stereocenters. The first-order valence-corrected chi connectivity index (χ1v) is 26.9. The van der Waals surface area contributed by atoms with E-state index in [1.807, 2.05) is 0 Å². The fourth-order valence-electron chi connectivity index (χ4n) is 11.5. The molecule has 13 rings (SSSR count). The van der Waals surface area contributed by atoms with Crippen molar-refractivity contribution < 1.29 is 0 Å². The Labute approximate surface area is 448 Å². The molecule has 0 N–H and O–H groups in total. The Morgan fingerprint density at radius 1 is 0.539 bits per heavy atom. The van der Waals surface area contributed by atoms with Crippen LogP contribution in [0.5, 0.6) is 0 Å². The highest BCUT2D eigenvalue weighted by Crippen LogP contribution is 2.59. The number of anilines is 1. The van der Waals surface area contributed by atoms with Gasteiger partial charge in [-0.05, 0) is 156 Å². The third-order valence-corrected chi connectivity index (χ3v) is 15.6. The van der Waals surface area contributed by atoms with Crippen LogP contribution in [-0.4, -0.2) is 0 Å². The zero-order valence-electron chi connectivity index (χ0n) is 43.2. The zero-order chi connectivity index (χ0) is 51.3. The van der Waals surface area contributed by atoms with Crippen LogP contribution in [0.3, 0.4) is 0 Å². The average molecular weight is 976 g/mol. The lowest BCUT2D eigenvalue weighted by molar-refractivity contribution is 0.807. The van der Waals surface area contributed by atoms with E-state index in [0.29, 0.717) is 5.92 Å². The summed E-state index contributed by atoms with van der Waals surface area (Å²) in [4.78, 5) is 2.39. The summed E-state index contributed by atoms with van der Waals surface area (Å²) < 4.78 is 0. The Balaban J connectivity index is 0.000000469. The molecular formula is C75H61N. The van der Waals surface area contributed by atoms with Crippen molar-refractivity contribution in [3.63, 3.8) is 0 Å². The minimum absolute atomic E-state index is 0.0777. The number of allylic oxidation sites excluding steroid dienone is 9. The zero-order valence-corrected chi connectivity index (χ0v) is 43.2. The molecule has 0 amide bonds. The van der Waals surface area contributed by atoms with E-state index in [4.69, 9.17) is 0 Å². The number of rotatable bonds is 12. The van der Waals surface area contributed by atoms with Gasteiger partial charge in [-0.25, -0.2) is 0 Å².